The van der Waals surface area contributed by atoms with Gasteiger partial charge in [-0.05, 0) is 36.2 Å². The van der Waals surface area contributed by atoms with Gasteiger partial charge in [-0.2, -0.15) is 0 Å². The predicted octanol–water partition coefficient (Wildman–Crippen LogP) is 3.32. The fourth-order valence-corrected chi connectivity index (χ4v) is 2.22. The molecule has 0 spiro atoms. The topological polar surface area (TPSA) is 101 Å². The Morgan fingerprint density at radius 1 is 1.30 bits per heavy atom. The lowest BCUT2D eigenvalue weighted by Gasteiger charge is -2.07. The molecular weight excluding hydrogens is 320 g/mol. The number of aromatic amines is 1. The molecule has 8 heteroatoms. The molecule has 0 radical (unpaired) electrons. The number of H-pyrrole nitrogens is 1. The van der Waals surface area contributed by atoms with E-state index in [2.05, 4.69) is 20.4 Å². The number of nitrogens with one attached hydrogen (secondary N) is 1. The first-order valence-electron chi connectivity index (χ1n) is 6.59. The maximum Gasteiger partial charge on any atom is 0.362 e. The maximum absolute atomic E-state index is 11.0. The van der Waals surface area contributed by atoms with Gasteiger partial charge >= 0.3 is 5.97 Å². The van der Waals surface area contributed by atoms with Crippen LogP contribution in [0.3, 0.4) is 0 Å². The van der Waals surface area contributed by atoms with E-state index in [0.717, 1.165) is 16.7 Å². The van der Waals surface area contributed by atoms with Crippen molar-refractivity contribution in [3.63, 3.8) is 0 Å². The maximum atomic E-state index is 11.0. The van der Waals surface area contributed by atoms with E-state index in [0.29, 0.717) is 10.9 Å². The highest BCUT2D eigenvalue weighted by Crippen LogP contribution is 2.29. The van der Waals surface area contributed by atoms with Gasteiger partial charge in [-0.25, -0.2) is 14.9 Å². The number of nitrogens with zero attached hydrogens (tertiary/aromatic N) is 3. The van der Waals surface area contributed by atoms with Crippen LogP contribution in [0.5, 0.6) is 11.6 Å². The lowest BCUT2D eigenvalue weighted by Crippen LogP contribution is -1.99. The Morgan fingerprint density at radius 3 is 2.74 bits per heavy atom. The molecule has 0 saturated carbocycles. The van der Waals surface area contributed by atoms with Crippen molar-refractivity contribution in [2.24, 2.45) is 0 Å². The van der Waals surface area contributed by atoms with Crippen LogP contribution in [0.2, 0.25) is 5.15 Å². The number of halogens is 1. The van der Waals surface area contributed by atoms with E-state index < -0.39 is 5.97 Å². The second-order valence-corrected chi connectivity index (χ2v) is 5.13. The van der Waals surface area contributed by atoms with Crippen LogP contribution in [0.25, 0.3) is 11.1 Å². The van der Waals surface area contributed by atoms with E-state index in [4.69, 9.17) is 21.4 Å². The van der Waals surface area contributed by atoms with E-state index in [1.54, 1.807) is 18.3 Å². The first-order valence-corrected chi connectivity index (χ1v) is 6.97. The monoisotopic (exact) mass is 330 g/mol. The van der Waals surface area contributed by atoms with Gasteiger partial charge in [0.15, 0.2) is 0 Å². The molecule has 116 valence electrons. The summed E-state index contributed by atoms with van der Waals surface area (Å²) in [6, 6.07) is 8.94. The number of aromatic nitrogens is 4. The summed E-state index contributed by atoms with van der Waals surface area (Å²) in [5.74, 6) is -0.803. The zero-order chi connectivity index (χ0) is 16.4. The van der Waals surface area contributed by atoms with E-state index >= 15 is 0 Å². The summed E-state index contributed by atoms with van der Waals surface area (Å²) in [7, 11) is 0. The molecule has 3 aromatic rings. The van der Waals surface area contributed by atoms with Crippen LogP contribution in [0.1, 0.15) is 16.1 Å². The number of aryl methyl sites for hydroxylation is 1. The number of aromatic carboxylic acids is 1. The minimum atomic E-state index is -1.22. The van der Waals surface area contributed by atoms with Gasteiger partial charge in [0.2, 0.25) is 5.69 Å². The van der Waals surface area contributed by atoms with Crippen molar-refractivity contribution in [1.82, 2.24) is 20.4 Å². The van der Waals surface area contributed by atoms with Gasteiger partial charge in [0, 0.05) is 11.8 Å². The molecule has 0 unspecified atom stereocenters. The minimum Gasteiger partial charge on any atom is -0.476 e. The number of rotatable bonds is 4. The summed E-state index contributed by atoms with van der Waals surface area (Å²) in [6.07, 6.45) is 1.70. The fourth-order valence-electron chi connectivity index (χ4n) is 2.01. The normalized spacial score (nSPS) is 10.5. The van der Waals surface area contributed by atoms with Gasteiger partial charge in [-0.15, -0.1) is 5.10 Å². The lowest BCUT2D eigenvalue weighted by atomic mass is 10.1. The summed E-state index contributed by atoms with van der Waals surface area (Å²) in [5, 5.41) is 18.6. The van der Waals surface area contributed by atoms with Crippen molar-refractivity contribution in [2.75, 3.05) is 0 Å². The molecule has 0 bridgehead atoms. The van der Waals surface area contributed by atoms with Crippen molar-refractivity contribution in [2.45, 2.75) is 6.92 Å². The number of carboxylic acid groups (broad SMARTS) is 1. The van der Waals surface area contributed by atoms with Crippen molar-refractivity contribution in [1.29, 1.82) is 0 Å². The number of pyridine rings is 1. The number of carboxylic acids is 1. The molecule has 2 N–H and O–H groups in total. The van der Waals surface area contributed by atoms with E-state index in [-0.39, 0.29) is 11.6 Å². The molecular formula is C15H11ClN4O3. The first-order chi connectivity index (χ1) is 11.0. The van der Waals surface area contributed by atoms with Gasteiger partial charge < -0.3 is 9.84 Å². The molecule has 2 aromatic heterocycles. The molecule has 3 rings (SSSR count). The Balaban J connectivity index is 1.86. The molecule has 1 aromatic carbocycles. The Hall–Kier alpha value is -2.93. The zero-order valence-electron chi connectivity index (χ0n) is 11.9. The zero-order valence-corrected chi connectivity index (χ0v) is 12.7. The molecule has 0 fully saturated rings. The molecule has 23 heavy (non-hydrogen) atoms. The Bertz CT molecular complexity index is 861. The summed E-state index contributed by atoms with van der Waals surface area (Å²) in [5.41, 5.74) is 2.41. The number of hydrogen-bond donors (Lipinski definition) is 2. The molecule has 0 aliphatic carbocycles. The summed E-state index contributed by atoms with van der Waals surface area (Å²) < 4.78 is 5.45. The Labute approximate surface area is 135 Å². The summed E-state index contributed by atoms with van der Waals surface area (Å²) >= 11 is 6.11. The third-order valence-corrected chi connectivity index (χ3v) is 3.38. The SMILES string of the molecule is Cc1cnc(Cl)c(-c2ccc(Oc3[nH]nnc3C(=O)O)cc2)c1. The van der Waals surface area contributed by atoms with Crippen molar-refractivity contribution >= 4 is 17.6 Å². The summed E-state index contributed by atoms with van der Waals surface area (Å²) in [6.45, 7) is 1.93. The van der Waals surface area contributed by atoms with Crippen molar-refractivity contribution < 1.29 is 14.6 Å². The van der Waals surface area contributed by atoms with Crippen molar-refractivity contribution in [3.05, 3.63) is 52.9 Å². The van der Waals surface area contributed by atoms with Gasteiger partial charge in [-0.1, -0.05) is 28.9 Å². The number of carbonyl (C=O) groups is 1. The van der Waals surface area contributed by atoms with Gasteiger partial charge in [0.05, 0.1) is 0 Å². The van der Waals surface area contributed by atoms with Crippen LogP contribution in [-0.2, 0) is 0 Å². The van der Waals surface area contributed by atoms with Crippen LogP contribution >= 0.6 is 11.6 Å². The molecule has 7 nitrogen and oxygen atoms in total. The van der Waals surface area contributed by atoms with Crippen molar-refractivity contribution in [3.8, 4) is 22.8 Å². The second-order valence-electron chi connectivity index (χ2n) is 4.77. The molecule has 0 aliphatic heterocycles. The largest absolute Gasteiger partial charge is 0.476 e. The van der Waals surface area contributed by atoms with Crippen LogP contribution in [0.4, 0.5) is 0 Å². The lowest BCUT2D eigenvalue weighted by molar-refractivity contribution is 0.0687. The molecule has 0 aliphatic rings. The highest BCUT2D eigenvalue weighted by atomic mass is 35.5. The average molecular weight is 331 g/mol. The van der Waals surface area contributed by atoms with Crippen LogP contribution in [0, 0.1) is 6.92 Å². The minimum absolute atomic E-state index is 0.0273. The molecule has 0 amide bonds. The molecule has 0 saturated heterocycles. The summed E-state index contributed by atoms with van der Waals surface area (Å²) in [4.78, 5) is 15.1. The van der Waals surface area contributed by atoms with Crippen LogP contribution < -0.4 is 4.74 Å². The number of ether oxygens (including phenoxy) is 1. The Kier molecular flexibility index (Phi) is 3.94. The first kappa shape index (κ1) is 15.0. The van der Waals surface area contributed by atoms with Gasteiger partial charge in [0.1, 0.15) is 10.9 Å². The Morgan fingerprint density at radius 2 is 2.04 bits per heavy atom. The van der Waals surface area contributed by atoms with E-state index in [9.17, 15) is 4.79 Å². The van der Waals surface area contributed by atoms with Gasteiger partial charge in [0.25, 0.3) is 5.88 Å². The third kappa shape index (κ3) is 3.14. The average Bonchev–Trinajstić information content (AvgIpc) is 2.99. The van der Waals surface area contributed by atoms with Gasteiger partial charge in [-0.3, -0.25) is 0 Å². The highest BCUT2D eigenvalue weighted by Gasteiger charge is 2.16. The molecule has 0 atom stereocenters. The highest BCUT2D eigenvalue weighted by molar-refractivity contribution is 6.32. The van der Waals surface area contributed by atoms with Crippen LogP contribution in [0.15, 0.2) is 36.5 Å². The van der Waals surface area contributed by atoms with E-state index in [1.807, 2.05) is 25.1 Å². The number of benzene rings is 1. The fraction of sp³-hybridized carbons (Fsp3) is 0.0667. The standard InChI is InChI=1S/C15H11ClN4O3/c1-8-6-11(13(16)17-7-8)9-2-4-10(5-3-9)23-14-12(15(21)22)18-20-19-14/h2-7H,1H3,(H,21,22)(H,18,19,20). The van der Waals surface area contributed by atoms with E-state index in [1.165, 1.54) is 0 Å². The quantitative estimate of drug-likeness (QED) is 0.712. The third-order valence-electron chi connectivity index (χ3n) is 3.08. The number of hydrogen-bond acceptors (Lipinski definition) is 5. The smallest absolute Gasteiger partial charge is 0.362 e. The molecule has 2 heterocycles. The van der Waals surface area contributed by atoms with Crippen LogP contribution in [-0.4, -0.2) is 31.5 Å². The second kappa shape index (κ2) is 6.05. The predicted molar refractivity (Wildman–Crippen MR) is 82.8 cm³/mol.